The van der Waals surface area contributed by atoms with Gasteiger partial charge in [0.2, 0.25) is 0 Å². The van der Waals surface area contributed by atoms with Crippen LogP contribution in [0.15, 0.2) is 36.7 Å². The lowest BCUT2D eigenvalue weighted by Gasteiger charge is -2.32. The van der Waals surface area contributed by atoms with Crippen molar-refractivity contribution in [1.82, 2.24) is 14.9 Å². The fourth-order valence-corrected chi connectivity index (χ4v) is 2.71. The Kier molecular flexibility index (Phi) is 3.72. The predicted octanol–water partition coefficient (Wildman–Crippen LogP) is 2.79. The third kappa shape index (κ3) is 3.27. The highest BCUT2D eigenvalue weighted by Crippen LogP contribution is 2.24. The Balaban J connectivity index is 1.79. The van der Waals surface area contributed by atoms with E-state index in [-0.39, 0.29) is 5.54 Å². The summed E-state index contributed by atoms with van der Waals surface area (Å²) in [5.74, 6) is 1.15. The van der Waals surface area contributed by atoms with Crippen molar-refractivity contribution in [2.24, 2.45) is 0 Å². The zero-order valence-corrected chi connectivity index (χ0v) is 13.1. The summed E-state index contributed by atoms with van der Waals surface area (Å²) >= 11 is 0. The number of para-hydroxylation sites is 1. The van der Waals surface area contributed by atoms with E-state index in [1.54, 1.807) is 0 Å². The number of nitrogens with one attached hydrogen (secondary N) is 1. The van der Waals surface area contributed by atoms with Gasteiger partial charge in [-0.05, 0) is 32.4 Å². The molecule has 0 aliphatic carbocycles. The van der Waals surface area contributed by atoms with E-state index in [0.717, 1.165) is 32.0 Å². The van der Waals surface area contributed by atoms with Gasteiger partial charge in [0.25, 0.3) is 0 Å². The highest BCUT2D eigenvalue weighted by atomic mass is 15.2. The quantitative estimate of drug-likeness (QED) is 0.941. The number of aromatic nitrogens is 2. The van der Waals surface area contributed by atoms with E-state index in [9.17, 15) is 0 Å². The van der Waals surface area contributed by atoms with Gasteiger partial charge in [-0.2, -0.15) is 0 Å². The Bertz CT molecular complexity index is 609. The zero-order valence-electron chi connectivity index (χ0n) is 13.1. The summed E-state index contributed by atoms with van der Waals surface area (Å²) in [5, 5.41) is 3.58. The average molecular weight is 284 g/mol. The molecular formula is C17H24N4. The molecule has 112 valence electrons. The SMILES string of the molecule is CC(C)(C)NCc1ccccc1N1CCn2ccnc2C1. The summed E-state index contributed by atoms with van der Waals surface area (Å²) in [6.45, 7) is 10.4. The van der Waals surface area contributed by atoms with Crippen molar-refractivity contribution in [2.45, 2.75) is 45.9 Å². The second-order valence-corrected chi connectivity index (χ2v) is 6.69. The maximum Gasteiger partial charge on any atom is 0.128 e. The highest BCUT2D eigenvalue weighted by Gasteiger charge is 2.19. The summed E-state index contributed by atoms with van der Waals surface area (Å²) in [4.78, 5) is 6.89. The predicted molar refractivity (Wildman–Crippen MR) is 86.3 cm³/mol. The van der Waals surface area contributed by atoms with Crippen LogP contribution in [0.25, 0.3) is 0 Å². The van der Waals surface area contributed by atoms with Gasteiger partial charge in [-0.15, -0.1) is 0 Å². The largest absolute Gasteiger partial charge is 0.362 e. The highest BCUT2D eigenvalue weighted by molar-refractivity contribution is 5.54. The number of fused-ring (bicyclic) bond motifs is 1. The number of hydrogen-bond acceptors (Lipinski definition) is 3. The van der Waals surface area contributed by atoms with Crippen LogP contribution in [0.4, 0.5) is 5.69 Å². The van der Waals surface area contributed by atoms with Gasteiger partial charge >= 0.3 is 0 Å². The van der Waals surface area contributed by atoms with Gasteiger partial charge in [0.15, 0.2) is 0 Å². The normalized spacial score (nSPS) is 15.1. The molecule has 0 atom stereocenters. The topological polar surface area (TPSA) is 33.1 Å². The smallest absolute Gasteiger partial charge is 0.128 e. The molecule has 0 saturated carbocycles. The van der Waals surface area contributed by atoms with Crippen LogP contribution in [0.1, 0.15) is 32.2 Å². The van der Waals surface area contributed by atoms with Crippen molar-refractivity contribution in [2.75, 3.05) is 11.4 Å². The van der Waals surface area contributed by atoms with Gasteiger partial charge < -0.3 is 14.8 Å². The van der Waals surface area contributed by atoms with Crippen LogP contribution >= 0.6 is 0 Å². The molecule has 2 heterocycles. The monoisotopic (exact) mass is 284 g/mol. The maximum atomic E-state index is 4.45. The number of hydrogen-bond donors (Lipinski definition) is 1. The van der Waals surface area contributed by atoms with E-state index >= 15 is 0 Å². The van der Waals surface area contributed by atoms with Gasteiger partial charge in [-0.3, -0.25) is 0 Å². The fourth-order valence-electron chi connectivity index (χ4n) is 2.71. The van der Waals surface area contributed by atoms with Gasteiger partial charge in [0.1, 0.15) is 5.82 Å². The standard InChI is InChI=1S/C17H24N4/c1-17(2,3)19-12-14-6-4-5-7-15(14)21-11-10-20-9-8-18-16(20)13-21/h4-9,19H,10-13H2,1-3H3. The van der Waals surface area contributed by atoms with Crippen LogP contribution in [-0.4, -0.2) is 21.6 Å². The Labute approximate surface area is 126 Å². The van der Waals surface area contributed by atoms with Gasteiger partial charge in [-0.1, -0.05) is 18.2 Å². The molecule has 0 spiro atoms. The van der Waals surface area contributed by atoms with Crippen LogP contribution in [0, 0.1) is 0 Å². The van der Waals surface area contributed by atoms with Gasteiger partial charge in [-0.25, -0.2) is 4.98 Å². The lowest BCUT2D eigenvalue weighted by atomic mass is 10.1. The molecule has 1 aromatic carbocycles. The minimum absolute atomic E-state index is 0.130. The van der Waals surface area contributed by atoms with E-state index in [4.69, 9.17) is 0 Å². The first-order chi connectivity index (χ1) is 10.0. The van der Waals surface area contributed by atoms with Crippen molar-refractivity contribution in [3.8, 4) is 0 Å². The molecular weight excluding hydrogens is 260 g/mol. The summed E-state index contributed by atoms with van der Waals surface area (Å²) in [5.41, 5.74) is 2.81. The van der Waals surface area contributed by atoms with Gasteiger partial charge in [0.05, 0.1) is 6.54 Å². The maximum absolute atomic E-state index is 4.45. The molecule has 1 N–H and O–H groups in total. The molecule has 0 fully saturated rings. The first kappa shape index (κ1) is 14.1. The summed E-state index contributed by atoms with van der Waals surface area (Å²) < 4.78 is 2.24. The summed E-state index contributed by atoms with van der Waals surface area (Å²) in [7, 11) is 0. The van der Waals surface area contributed by atoms with E-state index in [2.05, 4.69) is 71.0 Å². The van der Waals surface area contributed by atoms with Crippen molar-refractivity contribution in [3.63, 3.8) is 0 Å². The van der Waals surface area contributed by atoms with Crippen LogP contribution < -0.4 is 10.2 Å². The minimum atomic E-state index is 0.130. The Morgan fingerprint density at radius 2 is 2.00 bits per heavy atom. The lowest BCUT2D eigenvalue weighted by Crippen LogP contribution is -2.37. The van der Waals surface area contributed by atoms with Crippen molar-refractivity contribution in [1.29, 1.82) is 0 Å². The second kappa shape index (κ2) is 5.53. The first-order valence-electron chi connectivity index (χ1n) is 7.61. The second-order valence-electron chi connectivity index (χ2n) is 6.69. The number of rotatable bonds is 3. The van der Waals surface area contributed by atoms with Crippen molar-refractivity contribution in [3.05, 3.63) is 48.0 Å². The van der Waals surface area contributed by atoms with Gasteiger partial charge in [0, 0.05) is 43.3 Å². The Morgan fingerprint density at radius 3 is 2.81 bits per heavy atom. The number of benzene rings is 1. The van der Waals surface area contributed by atoms with Crippen LogP contribution in [0.5, 0.6) is 0 Å². The molecule has 1 aliphatic heterocycles. The lowest BCUT2D eigenvalue weighted by molar-refractivity contribution is 0.424. The molecule has 1 aliphatic rings. The first-order valence-corrected chi connectivity index (χ1v) is 7.61. The molecule has 21 heavy (non-hydrogen) atoms. The molecule has 3 rings (SSSR count). The molecule has 0 amide bonds. The molecule has 2 aromatic rings. The van der Waals surface area contributed by atoms with Crippen molar-refractivity contribution >= 4 is 5.69 Å². The van der Waals surface area contributed by atoms with Crippen LogP contribution in [0.3, 0.4) is 0 Å². The molecule has 0 saturated heterocycles. The molecule has 0 bridgehead atoms. The number of nitrogens with zero attached hydrogens (tertiary/aromatic N) is 3. The number of anilines is 1. The third-order valence-electron chi connectivity index (χ3n) is 3.89. The molecule has 4 nitrogen and oxygen atoms in total. The summed E-state index contributed by atoms with van der Waals surface area (Å²) in [6, 6.07) is 8.68. The third-order valence-corrected chi connectivity index (χ3v) is 3.89. The summed E-state index contributed by atoms with van der Waals surface area (Å²) in [6.07, 6.45) is 3.96. The molecule has 0 radical (unpaired) electrons. The molecule has 1 aromatic heterocycles. The average Bonchev–Trinajstić information content (AvgIpc) is 2.92. The number of imidazole rings is 1. The van der Waals surface area contributed by atoms with E-state index < -0.39 is 0 Å². The zero-order chi connectivity index (χ0) is 14.9. The van der Waals surface area contributed by atoms with E-state index in [1.165, 1.54) is 11.3 Å². The van der Waals surface area contributed by atoms with Crippen molar-refractivity contribution < 1.29 is 0 Å². The Hall–Kier alpha value is -1.81. The van der Waals surface area contributed by atoms with E-state index in [1.807, 2.05) is 6.20 Å². The molecule has 0 unspecified atom stereocenters. The Morgan fingerprint density at radius 1 is 1.19 bits per heavy atom. The molecule has 4 heteroatoms. The van der Waals surface area contributed by atoms with Crippen LogP contribution in [-0.2, 0) is 19.6 Å². The minimum Gasteiger partial charge on any atom is -0.362 e. The van der Waals surface area contributed by atoms with Crippen LogP contribution in [0.2, 0.25) is 0 Å². The van der Waals surface area contributed by atoms with E-state index in [0.29, 0.717) is 0 Å². The fraction of sp³-hybridized carbons (Fsp3) is 0.471.